The molecule has 8 heteroatoms. The molecule has 0 bridgehead atoms. The number of urea groups is 1. The van der Waals surface area contributed by atoms with Crippen LogP contribution in [0.1, 0.15) is 18.5 Å². The number of carbonyl (C=O) groups is 2. The number of carbonyl (C=O) groups excluding carboxylic acids is 2. The average molecular weight is 432 g/mol. The highest BCUT2D eigenvalue weighted by Gasteiger charge is 2.39. The van der Waals surface area contributed by atoms with Gasteiger partial charge in [0.25, 0.3) is 0 Å². The van der Waals surface area contributed by atoms with Crippen molar-refractivity contribution in [2.75, 3.05) is 13.7 Å². The lowest BCUT2D eigenvalue weighted by atomic mass is 9.89. The van der Waals surface area contributed by atoms with E-state index >= 15 is 0 Å². The van der Waals surface area contributed by atoms with Gasteiger partial charge in [-0.05, 0) is 47.2 Å². The number of phenols is 1. The second kappa shape index (κ2) is 7.07. The van der Waals surface area contributed by atoms with E-state index in [-0.39, 0.29) is 17.2 Å². The van der Waals surface area contributed by atoms with Crippen LogP contribution in [-0.2, 0) is 9.53 Å². The zero-order valence-corrected chi connectivity index (χ0v) is 14.8. The lowest BCUT2D eigenvalue weighted by Gasteiger charge is -2.33. The average Bonchev–Trinajstić information content (AvgIpc) is 2.50. The first-order valence-electron chi connectivity index (χ1n) is 6.88. The van der Waals surface area contributed by atoms with Crippen LogP contribution in [0.25, 0.3) is 0 Å². The summed E-state index contributed by atoms with van der Waals surface area (Å²) in [6.07, 6.45) is 0. The number of phenolic OH excluding ortho intramolecular Hbond substituents is 1. The van der Waals surface area contributed by atoms with Crippen molar-refractivity contribution in [2.45, 2.75) is 13.0 Å². The number of amides is 2. The number of halogens is 1. The number of nitrogens with one attached hydrogen (secondary N) is 2. The molecule has 124 valence electrons. The van der Waals surface area contributed by atoms with Gasteiger partial charge in [0, 0.05) is 5.70 Å². The van der Waals surface area contributed by atoms with Crippen LogP contribution in [0.15, 0.2) is 24.4 Å². The van der Waals surface area contributed by atoms with E-state index in [1.54, 1.807) is 19.1 Å². The molecule has 2 rings (SSSR count). The molecule has 2 amide bonds. The fourth-order valence-corrected chi connectivity index (χ4v) is 3.03. The van der Waals surface area contributed by atoms with Gasteiger partial charge in [0.1, 0.15) is 5.92 Å². The van der Waals surface area contributed by atoms with Crippen LogP contribution in [0.4, 0.5) is 4.79 Å². The monoisotopic (exact) mass is 432 g/mol. The van der Waals surface area contributed by atoms with Crippen molar-refractivity contribution in [1.82, 2.24) is 10.6 Å². The molecule has 1 aromatic rings. The van der Waals surface area contributed by atoms with Gasteiger partial charge in [0.05, 0.1) is 23.3 Å². The molecule has 0 radical (unpaired) electrons. The van der Waals surface area contributed by atoms with Crippen molar-refractivity contribution in [3.05, 3.63) is 33.5 Å². The number of aromatic hydroxyl groups is 1. The number of rotatable bonds is 4. The lowest BCUT2D eigenvalue weighted by molar-refractivity contribution is -0.145. The second-order valence-electron chi connectivity index (χ2n) is 4.88. The zero-order chi connectivity index (χ0) is 17.1. The number of benzene rings is 1. The Hall–Kier alpha value is -1.97. The van der Waals surface area contributed by atoms with Gasteiger partial charge in [0.15, 0.2) is 11.5 Å². The maximum atomic E-state index is 12.1. The highest BCUT2D eigenvalue weighted by atomic mass is 127. The van der Waals surface area contributed by atoms with Crippen LogP contribution in [0, 0.1) is 9.49 Å². The van der Waals surface area contributed by atoms with Crippen molar-refractivity contribution in [2.24, 2.45) is 5.92 Å². The van der Waals surface area contributed by atoms with Gasteiger partial charge in [-0.2, -0.15) is 0 Å². The second-order valence-corrected chi connectivity index (χ2v) is 6.05. The molecule has 0 saturated carbocycles. The first-order valence-corrected chi connectivity index (χ1v) is 7.96. The molecule has 1 fully saturated rings. The standard InChI is InChI=1S/C15H17IN2O5/c1-4-23-10-6-8(5-9(16)13(10)19)12-11(14(20)22-3)7(2)17-15(21)18-12/h5-6,11-12,19H,2,4H2,1,3H3,(H2,17,18,21)/t11-,12+/m1/s1. The summed E-state index contributed by atoms with van der Waals surface area (Å²) in [4.78, 5) is 23.8. The van der Waals surface area contributed by atoms with Gasteiger partial charge in [-0.3, -0.25) is 4.79 Å². The van der Waals surface area contributed by atoms with Crippen LogP contribution in [0.3, 0.4) is 0 Å². The van der Waals surface area contributed by atoms with Gasteiger partial charge >= 0.3 is 12.0 Å². The fourth-order valence-electron chi connectivity index (χ4n) is 2.41. The molecule has 0 aliphatic carbocycles. The lowest BCUT2D eigenvalue weighted by Crippen LogP contribution is -2.51. The van der Waals surface area contributed by atoms with E-state index in [4.69, 9.17) is 9.47 Å². The molecule has 1 aliphatic rings. The van der Waals surface area contributed by atoms with Gasteiger partial charge in [-0.15, -0.1) is 0 Å². The summed E-state index contributed by atoms with van der Waals surface area (Å²) in [5.41, 5.74) is 0.869. The molecule has 1 aliphatic heterocycles. The summed E-state index contributed by atoms with van der Waals surface area (Å²) in [6, 6.07) is 2.15. The fraction of sp³-hybridized carbons (Fsp3) is 0.333. The Bertz CT molecular complexity index is 662. The largest absolute Gasteiger partial charge is 0.504 e. The quantitative estimate of drug-likeness (QED) is 0.500. The molecule has 1 heterocycles. The molecular weight excluding hydrogens is 415 g/mol. The minimum absolute atomic E-state index is 0.0184. The van der Waals surface area contributed by atoms with Crippen molar-refractivity contribution >= 4 is 34.6 Å². The Morgan fingerprint density at radius 1 is 1.48 bits per heavy atom. The van der Waals surface area contributed by atoms with Crippen molar-refractivity contribution in [3.63, 3.8) is 0 Å². The van der Waals surface area contributed by atoms with E-state index in [2.05, 4.69) is 17.2 Å². The highest BCUT2D eigenvalue weighted by molar-refractivity contribution is 14.1. The summed E-state index contributed by atoms with van der Waals surface area (Å²) in [5, 5.41) is 15.2. The van der Waals surface area contributed by atoms with E-state index in [1.807, 2.05) is 22.6 Å². The van der Waals surface area contributed by atoms with E-state index in [1.165, 1.54) is 7.11 Å². The van der Waals surface area contributed by atoms with Crippen LogP contribution in [-0.4, -0.2) is 30.8 Å². The number of esters is 1. The minimum Gasteiger partial charge on any atom is -0.504 e. The van der Waals surface area contributed by atoms with Gasteiger partial charge < -0.3 is 25.2 Å². The van der Waals surface area contributed by atoms with Crippen LogP contribution >= 0.6 is 22.6 Å². The Balaban J connectivity index is 2.49. The van der Waals surface area contributed by atoms with Crippen LogP contribution in [0.2, 0.25) is 0 Å². The van der Waals surface area contributed by atoms with E-state index in [0.717, 1.165) is 0 Å². The molecule has 1 saturated heterocycles. The topological polar surface area (TPSA) is 96.9 Å². The number of hydrogen-bond donors (Lipinski definition) is 3. The molecule has 1 aromatic carbocycles. The number of ether oxygens (including phenoxy) is 2. The number of hydrogen-bond acceptors (Lipinski definition) is 5. The summed E-state index contributed by atoms with van der Waals surface area (Å²) < 4.78 is 10.8. The van der Waals surface area contributed by atoms with E-state index in [9.17, 15) is 14.7 Å². The molecule has 23 heavy (non-hydrogen) atoms. The summed E-state index contributed by atoms with van der Waals surface area (Å²) in [6.45, 7) is 5.90. The maximum Gasteiger partial charge on any atom is 0.319 e. The molecular formula is C15H17IN2O5. The smallest absolute Gasteiger partial charge is 0.319 e. The van der Waals surface area contributed by atoms with Crippen LogP contribution < -0.4 is 15.4 Å². The Labute approximate surface area is 147 Å². The maximum absolute atomic E-state index is 12.1. The molecule has 3 N–H and O–H groups in total. The van der Waals surface area contributed by atoms with E-state index < -0.39 is 24.0 Å². The molecule has 2 atom stereocenters. The van der Waals surface area contributed by atoms with E-state index in [0.29, 0.717) is 15.7 Å². The summed E-state index contributed by atoms with van der Waals surface area (Å²) in [5.74, 6) is -0.998. The Morgan fingerprint density at radius 3 is 2.78 bits per heavy atom. The normalized spacial score (nSPS) is 20.5. The van der Waals surface area contributed by atoms with Crippen molar-refractivity contribution < 1.29 is 24.2 Å². The first kappa shape index (κ1) is 17.4. The molecule has 0 spiro atoms. The molecule has 0 unspecified atom stereocenters. The Kier molecular flexibility index (Phi) is 5.34. The van der Waals surface area contributed by atoms with Crippen LogP contribution in [0.5, 0.6) is 11.5 Å². The summed E-state index contributed by atoms with van der Waals surface area (Å²) in [7, 11) is 1.27. The van der Waals surface area contributed by atoms with Gasteiger partial charge in [-0.25, -0.2) is 4.79 Å². The number of methoxy groups -OCH3 is 1. The third-order valence-corrected chi connectivity index (χ3v) is 4.26. The SMILES string of the molecule is C=C1NC(=O)N[C@@H](c2cc(I)c(O)c(OCC)c2)[C@@H]1C(=O)OC. The zero-order valence-electron chi connectivity index (χ0n) is 12.7. The predicted octanol–water partition coefficient (Wildman–Crippen LogP) is 2.05. The summed E-state index contributed by atoms with van der Waals surface area (Å²) >= 11 is 1.96. The highest BCUT2D eigenvalue weighted by Crippen LogP contribution is 2.38. The molecule has 0 aromatic heterocycles. The van der Waals surface area contributed by atoms with Crippen molar-refractivity contribution in [1.29, 1.82) is 0 Å². The van der Waals surface area contributed by atoms with Gasteiger partial charge in [-0.1, -0.05) is 6.58 Å². The first-order chi connectivity index (χ1) is 10.9. The minimum atomic E-state index is -0.785. The predicted molar refractivity (Wildman–Crippen MR) is 91.0 cm³/mol. The third-order valence-electron chi connectivity index (χ3n) is 3.43. The Morgan fingerprint density at radius 2 is 2.17 bits per heavy atom. The van der Waals surface area contributed by atoms with Gasteiger partial charge in [0.2, 0.25) is 0 Å². The van der Waals surface area contributed by atoms with Crippen molar-refractivity contribution in [3.8, 4) is 11.5 Å². The third kappa shape index (κ3) is 3.52. The molecule has 7 nitrogen and oxygen atoms in total.